The molecule has 92 valence electrons. The zero-order valence-electron chi connectivity index (χ0n) is 9.25. The summed E-state index contributed by atoms with van der Waals surface area (Å²) in [6, 6.07) is 0. The van der Waals surface area contributed by atoms with Gasteiger partial charge in [0, 0.05) is 26.1 Å². The molecule has 1 aliphatic rings. The van der Waals surface area contributed by atoms with Crippen LogP contribution < -0.4 is 5.32 Å². The van der Waals surface area contributed by atoms with Gasteiger partial charge in [-0.15, -0.1) is 11.6 Å². The van der Waals surface area contributed by atoms with Crippen LogP contribution in [0.15, 0.2) is 0 Å². The average Bonchev–Trinajstić information content (AvgIpc) is 2.29. The van der Waals surface area contributed by atoms with Gasteiger partial charge in [0.1, 0.15) is 5.54 Å². The number of Topliss-reactive ketones (excluding diaryl/α,β-unsaturated/α-hetero) is 1. The number of alkyl carbamates (subject to hydrolysis) is 1. The normalized spacial score (nSPS) is 18.9. The summed E-state index contributed by atoms with van der Waals surface area (Å²) in [6.07, 6.45) is 0.303. The number of ether oxygens (including phenoxy) is 2. The van der Waals surface area contributed by atoms with Crippen molar-refractivity contribution in [3.63, 3.8) is 0 Å². The predicted octanol–water partition coefficient (Wildman–Crippen LogP) is 1.09. The van der Waals surface area contributed by atoms with Crippen molar-refractivity contribution in [3.05, 3.63) is 0 Å². The maximum atomic E-state index is 11.8. The summed E-state index contributed by atoms with van der Waals surface area (Å²) in [7, 11) is 0. The van der Waals surface area contributed by atoms with Crippen molar-refractivity contribution in [1.82, 2.24) is 5.32 Å². The lowest BCUT2D eigenvalue weighted by atomic mass is 9.86. The highest BCUT2D eigenvalue weighted by Crippen LogP contribution is 2.22. The Labute approximate surface area is 99.4 Å². The number of halogens is 1. The van der Waals surface area contributed by atoms with Gasteiger partial charge in [0.15, 0.2) is 5.78 Å². The predicted molar refractivity (Wildman–Crippen MR) is 58.7 cm³/mol. The SMILES string of the molecule is CCOC(=O)NC1(C(=O)CCl)CCOCC1. The van der Waals surface area contributed by atoms with Gasteiger partial charge < -0.3 is 14.8 Å². The summed E-state index contributed by atoms with van der Waals surface area (Å²) in [5, 5.41) is 2.61. The lowest BCUT2D eigenvalue weighted by molar-refractivity contribution is -0.126. The van der Waals surface area contributed by atoms with Crippen LogP contribution in [0.2, 0.25) is 0 Å². The van der Waals surface area contributed by atoms with Crippen LogP contribution in [0.5, 0.6) is 0 Å². The van der Waals surface area contributed by atoms with Gasteiger partial charge >= 0.3 is 6.09 Å². The Morgan fingerprint density at radius 2 is 2.06 bits per heavy atom. The molecule has 16 heavy (non-hydrogen) atoms. The molecule has 1 heterocycles. The second-order valence-electron chi connectivity index (χ2n) is 3.60. The van der Waals surface area contributed by atoms with E-state index in [0.29, 0.717) is 26.1 Å². The van der Waals surface area contributed by atoms with Crippen LogP contribution in [0.25, 0.3) is 0 Å². The van der Waals surface area contributed by atoms with E-state index < -0.39 is 11.6 Å². The molecule has 1 N–H and O–H groups in total. The Morgan fingerprint density at radius 1 is 1.44 bits per heavy atom. The molecule has 1 aliphatic heterocycles. The van der Waals surface area contributed by atoms with Gasteiger partial charge in [-0.25, -0.2) is 4.79 Å². The van der Waals surface area contributed by atoms with Crippen molar-refractivity contribution in [2.75, 3.05) is 25.7 Å². The molecule has 0 aromatic carbocycles. The molecular weight excluding hydrogens is 234 g/mol. The first kappa shape index (κ1) is 13.3. The molecule has 0 atom stereocenters. The van der Waals surface area contributed by atoms with Crippen LogP contribution in [0, 0.1) is 0 Å². The molecule has 6 heteroatoms. The van der Waals surface area contributed by atoms with Gasteiger partial charge in [0.2, 0.25) is 0 Å². The number of hydrogen-bond acceptors (Lipinski definition) is 4. The summed E-state index contributed by atoms with van der Waals surface area (Å²) in [4.78, 5) is 23.1. The Bertz CT molecular complexity index is 264. The molecule has 0 spiro atoms. The van der Waals surface area contributed by atoms with Gasteiger partial charge in [-0.05, 0) is 6.92 Å². The fourth-order valence-electron chi connectivity index (χ4n) is 1.68. The third-order valence-corrected chi connectivity index (χ3v) is 2.86. The average molecular weight is 250 g/mol. The Balaban J connectivity index is 2.70. The van der Waals surface area contributed by atoms with E-state index in [2.05, 4.69) is 5.32 Å². The van der Waals surface area contributed by atoms with E-state index in [9.17, 15) is 9.59 Å². The van der Waals surface area contributed by atoms with Crippen LogP contribution in [0.1, 0.15) is 19.8 Å². The summed E-state index contributed by atoms with van der Waals surface area (Å²) >= 11 is 5.55. The number of rotatable bonds is 4. The zero-order valence-corrected chi connectivity index (χ0v) is 10.0. The number of hydrogen-bond donors (Lipinski definition) is 1. The molecule has 0 aromatic heterocycles. The van der Waals surface area contributed by atoms with Crippen molar-refractivity contribution in [2.45, 2.75) is 25.3 Å². The van der Waals surface area contributed by atoms with Crippen molar-refractivity contribution >= 4 is 23.5 Å². The lowest BCUT2D eigenvalue weighted by Gasteiger charge is -2.35. The van der Waals surface area contributed by atoms with Crippen LogP contribution in [0.3, 0.4) is 0 Å². The first-order chi connectivity index (χ1) is 7.64. The number of alkyl halides is 1. The van der Waals surface area contributed by atoms with Crippen molar-refractivity contribution in [1.29, 1.82) is 0 Å². The molecule has 0 aliphatic carbocycles. The van der Waals surface area contributed by atoms with Crippen molar-refractivity contribution in [2.24, 2.45) is 0 Å². The minimum Gasteiger partial charge on any atom is -0.450 e. The minimum atomic E-state index is -0.910. The molecule has 0 bridgehead atoms. The number of nitrogens with one attached hydrogen (secondary N) is 1. The van der Waals surface area contributed by atoms with Gasteiger partial charge in [0.25, 0.3) is 0 Å². The molecule has 0 saturated carbocycles. The lowest BCUT2D eigenvalue weighted by Crippen LogP contribution is -2.58. The van der Waals surface area contributed by atoms with Crippen molar-refractivity contribution in [3.8, 4) is 0 Å². The first-order valence-corrected chi connectivity index (χ1v) is 5.80. The van der Waals surface area contributed by atoms with Gasteiger partial charge in [0.05, 0.1) is 12.5 Å². The van der Waals surface area contributed by atoms with Crippen LogP contribution in [-0.2, 0) is 14.3 Å². The molecule has 1 saturated heterocycles. The maximum Gasteiger partial charge on any atom is 0.407 e. The molecule has 1 rings (SSSR count). The highest BCUT2D eigenvalue weighted by atomic mass is 35.5. The van der Waals surface area contributed by atoms with Gasteiger partial charge in [-0.2, -0.15) is 0 Å². The van der Waals surface area contributed by atoms with Crippen LogP contribution in [0.4, 0.5) is 4.79 Å². The molecule has 1 fully saturated rings. The van der Waals surface area contributed by atoms with E-state index in [-0.39, 0.29) is 18.3 Å². The number of amides is 1. The zero-order chi connectivity index (χ0) is 12.0. The summed E-state index contributed by atoms with van der Waals surface area (Å²) in [5.74, 6) is -0.308. The molecule has 5 nitrogen and oxygen atoms in total. The molecule has 0 radical (unpaired) electrons. The monoisotopic (exact) mass is 249 g/mol. The van der Waals surface area contributed by atoms with E-state index in [4.69, 9.17) is 21.1 Å². The highest BCUT2D eigenvalue weighted by Gasteiger charge is 2.40. The highest BCUT2D eigenvalue weighted by molar-refractivity contribution is 6.29. The Morgan fingerprint density at radius 3 is 2.56 bits per heavy atom. The van der Waals surface area contributed by atoms with E-state index in [1.165, 1.54) is 0 Å². The molecule has 1 amide bonds. The summed E-state index contributed by atoms with van der Waals surface area (Å²) in [5.41, 5.74) is -0.910. The summed E-state index contributed by atoms with van der Waals surface area (Å²) in [6.45, 7) is 2.86. The molecular formula is C10H16ClNO4. The third kappa shape index (κ3) is 3.09. The number of carbonyl (C=O) groups is 2. The minimum absolute atomic E-state index is 0.119. The smallest absolute Gasteiger partial charge is 0.407 e. The van der Waals surface area contributed by atoms with Crippen LogP contribution in [-0.4, -0.2) is 43.1 Å². The summed E-state index contributed by atoms with van der Waals surface area (Å²) < 4.78 is 9.95. The number of carbonyl (C=O) groups excluding carboxylic acids is 2. The number of ketones is 1. The van der Waals surface area contributed by atoms with Gasteiger partial charge in [-0.3, -0.25) is 4.79 Å². The Hall–Kier alpha value is -0.810. The van der Waals surface area contributed by atoms with Crippen LogP contribution >= 0.6 is 11.6 Å². The van der Waals surface area contributed by atoms with Crippen molar-refractivity contribution < 1.29 is 19.1 Å². The first-order valence-electron chi connectivity index (χ1n) is 5.26. The second kappa shape index (κ2) is 6.06. The largest absolute Gasteiger partial charge is 0.450 e. The van der Waals surface area contributed by atoms with E-state index in [1.807, 2.05) is 0 Å². The molecule has 0 aromatic rings. The maximum absolute atomic E-state index is 11.8. The van der Waals surface area contributed by atoms with E-state index in [0.717, 1.165) is 0 Å². The molecule has 0 unspecified atom stereocenters. The van der Waals surface area contributed by atoms with E-state index >= 15 is 0 Å². The Kier molecular flexibility index (Phi) is 5.02. The fraction of sp³-hybridized carbons (Fsp3) is 0.800. The topological polar surface area (TPSA) is 64.6 Å². The fourth-order valence-corrected chi connectivity index (χ4v) is 1.94. The second-order valence-corrected chi connectivity index (χ2v) is 3.86. The standard InChI is InChI=1S/C10H16ClNO4/c1-2-16-9(14)12-10(8(13)7-11)3-5-15-6-4-10/h2-7H2,1H3,(H,12,14). The quantitative estimate of drug-likeness (QED) is 0.758. The third-order valence-electron chi connectivity index (χ3n) is 2.62. The van der Waals surface area contributed by atoms with Gasteiger partial charge in [-0.1, -0.05) is 0 Å². The van der Waals surface area contributed by atoms with E-state index in [1.54, 1.807) is 6.92 Å².